The minimum atomic E-state index is 0.502. The van der Waals surface area contributed by atoms with Crippen LogP contribution in [-0.2, 0) is 0 Å². The summed E-state index contributed by atoms with van der Waals surface area (Å²) < 4.78 is 11.5. The second-order valence-corrected chi connectivity index (χ2v) is 7.39. The third-order valence-electron chi connectivity index (χ3n) is 4.98. The van der Waals surface area contributed by atoms with E-state index in [9.17, 15) is 0 Å². The summed E-state index contributed by atoms with van der Waals surface area (Å²) in [5.74, 6) is 2.14. The van der Waals surface area contributed by atoms with Gasteiger partial charge in [0.1, 0.15) is 17.0 Å². The van der Waals surface area contributed by atoms with Crippen molar-refractivity contribution < 1.29 is 9.26 Å². The lowest BCUT2D eigenvalue weighted by Gasteiger charge is -2.06. The summed E-state index contributed by atoms with van der Waals surface area (Å²) in [7, 11) is 0. The monoisotopic (exact) mass is 351 g/mol. The Hall–Kier alpha value is -2.43. The van der Waals surface area contributed by atoms with Crippen LogP contribution in [0.5, 0.6) is 5.88 Å². The number of hydrogen-bond donors (Lipinski definition) is 0. The third kappa shape index (κ3) is 3.57. The molecule has 0 saturated heterocycles. The number of benzene rings is 1. The highest BCUT2D eigenvalue weighted by molar-refractivity contribution is 5.91. The standard InChI is InChI=1S/C21H25N3O2/c1-13-7-10-17(14(2)12-13)18-19-20(26-24-18)21(23-15(3)22-19)25-11-5-4-6-16-8-9-16/h7,10,12,16H,4-6,8-9,11H2,1-3H3. The van der Waals surface area contributed by atoms with Crippen LogP contribution in [-0.4, -0.2) is 21.7 Å². The van der Waals surface area contributed by atoms with Gasteiger partial charge in [-0.25, -0.2) is 4.98 Å². The first kappa shape index (κ1) is 17.0. The van der Waals surface area contributed by atoms with Crippen LogP contribution in [0.2, 0.25) is 0 Å². The van der Waals surface area contributed by atoms with E-state index in [-0.39, 0.29) is 0 Å². The van der Waals surface area contributed by atoms with E-state index < -0.39 is 0 Å². The molecular formula is C21H25N3O2. The van der Waals surface area contributed by atoms with Crippen molar-refractivity contribution in [1.82, 2.24) is 15.1 Å². The average molecular weight is 351 g/mol. The molecule has 1 aliphatic carbocycles. The lowest BCUT2D eigenvalue weighted by Crippen LogP contribution is -2.02. The largest absolute Gasteiger partial charge is 0.475 e. The van der Waals surface area contributed by atoms with Gasteiger partial charge in [0.2, 0.25) is 5.58 Å². The fraction of sp³-hybridized carbons (Fsp3) is 0.476. The maximum absolute atomic E-state index is 5.92. The molecule has 0 unspecified atom stereocenters. The highest BCUT2D eigenvalue weighted by atomic mass is 16.5. The predicted molar refractivity (Wildman–Crippen MR) is 101 cm³/mol. The van der Waals surface area contributed by atoms with Crippen molar-refractivity contribution >= 4 is 11.1 Å². The van der Waals surface area contributed by atoms with Crippen LogP contribution in [0.4, 0.5) is 0 Å². The Labute approximate surface area is 153 Å². The molecule has 0 atom stereocenters. The maximum Gasteiger partial charge on any atom is 0.264 e. The first-order valence-corrected chi connectivity index (χ1v) is 9.46. The van der Waals surface area contributed by atoms with Crippen molar-refractivity contribution in [2.24, 2.45) is 5.92 Å². The molecule has 0 amide bonds. The summed E-state index contributed by atoms with van der Waals surface area (Å²) in [6, 6.07) is 6.28. The van der Waals surface area contributed by atoms with E-state index in [0.717, 1.165) is 34.7 Å². The third-order valence-corrected chi connectivity index (χ3v) is 4.98. The van der Waals surface area contributed by atoms with E-state index in [1.54, 1.807) is 0 Å². The Kier molecular flexibility index (Phi) is 4.62. The summed E-state index contributed by atoms with van der Waals surface area (Å²) in [6.07, 6.45) is 6.39. The van der Waals surface area contributed by atoms with Crippen molar-refractivity contribution in [3.05, 3.63) is 35.2 Å². The van der Waals surface area contributed by atoms with Gasteiger partial charge in [0, 0.05) is 5.56 Å². The van der Waals surface area contributed by atoms with Gasteiger partial charge in [0.25, 0.3) is 5.88 Å². The molecule has 1 aliphatic rings. The molecule has 1 saturated carbocycles. The van der Waals surface area contributed by atoms with E-state index >= 15 is 0 Å². The summed E-state index contributed by atoms with van der Waals surface area (Å²) in [6.45, 7) is 6.68. The molecular weight excluding hydrogens is 326 g/mol. The van der Waals surface area contributed by atoms with Gasteiger partial charge in [-0.05, 0) is 45.1 Å². The van der Waals surface area contributed by atoms with E-state index in [2.05, 4.69) is 47.2 Å². The molecule has 136 valence electrons. The van der Waals surface area contributed by atoms with E-state index in [1.165, 1.54) is 31.2 Å². The molecule has 0 aliphatic heterocycles. The summed E-state index contributed by atoms with van der Waals surface area (Å²) >= 11 is 0. The number of aromatic nitrogens is 3. The van der Waals surface area contributed by atoms with Crippen molar-refractivity contribution in [1.29, 1.82) is 0 Å². The van der Waals surface area contributed by atoms with Crippen LogP contribution in [0.1, 0.15) is 49.1 Å². The normalized spacial score (nSPS) is 14.1. The van der Waals surface area contributed by atoms with Crippen molar-refractivity contribution in [2.75, 3.05) is 6.61 Å². The molecule has 4 rings (SSSR count). The van der Waals surface area contributed by atoms with Crippen LogP contribution in [0.3, 0.4) is 0 Å². The first-order chi connectivity index (χ1) is 12.6. The van der Waals surface area contributed by atoms with Crippen LogP contribution in [0, 0.1) is 26.7 Å². The molecule has 0 radical (unpaired) electrons. The Morgan fingerprint density at radius 1 is 1.12 bits per heavy atom. The van der Waals surface area contributed by atoms with Gasteiger partial charge >= 0.3 is 0 Å². The van der Waals surface area contributed by atoms with Crippen molar-refractivity contribution in [2.45, 2.75) is 52.9 Å². The highest BCUT2D eigenvalue weighted by Gasteiger charge is 2.21. The maximum atomic E-state index is 5.92. The Bertz CT molecular complexity index is 928. The lowest BCUT2D eigenvalue weighted by molar-refractivity contribution is 0.288. The van der Waals surface area contributed by atoms with Gasteiger partial charge < -0.3 is 9.26 Å². The zero-order valence-electron chi connectivity index (χ0n) is 15.7. The number of nitrogens with zero attached hydrogens (tertiary/aromatic N) is 3. The number of hydrogen-bond acceptors (Lipinski definition) is 5. The molecule has 1 fully saturated rings. The topological polar surface area (TPSA) is 61.0 Å². The number of rotatable bonds is 7. The van der Waals surface area contributed by atoms with Gasteiger partial charge in [-0.15, -0.1) is 0 Å². The van der Waals surface area contributed by atoms with Gasteiger partial charge in [0.15, 0.2) is 0 Å². The van der Waals surface area contributed by atoms with Crippen LogP contribution in [0.15, 0.2) is 22.7 Å². The van der Waals surface area contributed by atoms with Crippen LogP contribution < -0.4 is 4.74 Å². The second-order valence-electron chi connectivity index (χ2n) is 7.39. The van der Waals surface area contributed by atoms with Crippen LogP contribution >= 0.6 is 0 Å². The van der Waals surface area contributed by atoms with Gasteiger partial charge in [-0.2, -0.15) is 4.98 Å². The minimum Gasteiger partial charge on any atom is -0.475 e. The minimum absolute atomic E-state index is 0.502. The Balaban J connectivity index is 1.58. The molecule has 5 nitrogen and oxygen atoms in total. The SMILES string of the molecule is Cc1ccc(-c2noc3c(OCCCCC4CC4)nc(C)nc23)c(C)c1. The van der Waals surface area contributed by atoms with Gasteiger partial charge in [0.05, 0.1) is 6.61 Å². The summed E-state index contributed by atoms with van der Waals surface area (Å²) in [5.41, 5.74) is 5.41. The molecule has 26 heavy (non-hydrogen) atoms. The van der Waals surface area contributed by atoms with E-state index in [0.29, 0.717) is 23.9 Å². The fourth-order valence-corrected chi connectivity index (χ4v) is 3.38. The van der Waals surface area contributed by atoms with Gasteiger partial charge in [-0.3, -0.25) is 0 Å². The molecule has 2 heterocycles. The number of unbranched alkanes of at least 4 members (excludes halogenated alkanes) is 1. The average Bonchev–Trinajstić information content (AvgIpc) is 3.33. The lowest BCUT2D eigenvalue weighted by atomic mass is 10.0. The Morgan fingerprint density at radius 3 is 2.73 bits per heavy atom. The molecule has 0 spiro atoms. The quantitative estimate of drug-likeness (QED) is 0.550. The molecule has 2 aromatic heterocycles. The zero-order valence-corrected chi connectivity index (χ0v) is 15.7. The van der Waals surface area contributed by atoms with Gasteiger partial charge in [-0.1, -0.05) is 48.2 Å². The number of aryl methyl sites for hydroxylation is 3. The number of fused-ring (bicyclic) bond motifs is 1. The van der Waals surface area contributed by atoms with Crippen LogP contribution in [0.25, 0.3) is 22.4 Å². The molecule has 0 N–H and O–H groups in total. The fourth-order valence-electron chi connectivity index (χ4n) is 3.38. The summed E-state index contributed by atoms with van der Waals surface area (Å²) in [5, 5.41) is 4.28. The van der Waals surface area contributed by atoms with E-state index in [1.807, 2.05) is 6.92 Å². The Morgan fingerprint density at radius 2 is 1.96 bits per heavy atom. The highest BCUT2D eigenvalue weighted by Crippen LogP contribution is 2.34. The van der Waals surface area contributed by atoms with Crippen molar-refractivity contribution in [3.63, 3.8) is 0 Å². The smallest absolute Gasteiger partial charge is 0.264 e. The second kappa shape index (κ2) is 7.06. The van der Waals surface area contributed by atoms with E-state index in [4.69, 9.17) is 9.26 Å². The number of ether oxygens (including phenoxy) is 1. The van der Waals surface area contributed by atoms with Crippen molar-refractivity contribution in [3.8, 4) is 17.1 Å². The first-order valence-electron chi connectivity index (χ1n) is 9.46. The zero-order chi connectivity index (χ0) is 18.1. The molecule has 0 bridgehead atoms. The molecule has 1 aromatic carbocycles. The molecule has 3 aromatic rings. The predicted octanol–water partition coefficient (Wildman–Crippen LogP) is 5.17. The summed E-state index contributed by atoms with van der Waals surface area (Å²) in [4.78, 5) is 8.99. The molecule has 5 heteroatoms.